The number of hydrogen-bond donors (Lipinski definition) is 1. The molecule has 0 atom stereocenters. The van der Waals surface area contributed by atoms with Gasteiger partial charge >= 0.3 is 6.18 Å². The molecule has 0 bridgehead atoms. The van der Waals surface area contributed by atoms with E-state index in [1.54, 1.807) is 17.8 Å². The van der Waals surface area contributed by atoms with Crippen LogP contribution in [0.1, 0.15) is 12.5 Å². The van der Waals surface area contributed by atoms with Crippen molar-refractivity contribution in [1.29, 1.82) is 0 Å². The van der Waals surface area contributed by atoms with Crippen LogP contribution in [0.2, 0.25) is 0 Å². The number of aryl methyl sites for hydroxylation is 1. The van der Waals surface area contributed by atoms with Crippen LogP contribution in [-0.2, 0) is 23.1 Å². The largest absolute Gasteiger partial charge is 0.416 e. The first-order chi connectivity index (χ1) is 13.1. The summed E-state index contributed by atoms with van der Waals surface area (Å²) in [7, 11) is -1.76. The molecule has 0 aliphatic carbocycles. The van der Waals surface area contributed by atoms with Crippen LogP contribution < -0.4 is 5.32 Å². The van der Waals surface area contributed by atoms with Gasteiger partial charge in [0.15, 0.2) is 9.84 Å². The van der Waals surface area contributed by atoms with Gasteiger partial charge in [0.2, 0.25) is 0 Å². The minimum absolute atomic E-state index is 0.0187. The van der Waals surface area contributed by atoms with Crippen molar-refractivity contribution in [2.75, 3.05) is 11.1 Å². The van der Waals surface area contributed by atoms with Gasteiger partial charge in [-0.1, -0.05) is 13.0 Å². The monoisotopic (exact) mass is 410 g/mol. The van der Waals surface area contributed by atoms with E-state index in [4.69, 9.17) is 0 Å². The molecular formula is C18H17F3N4O2S. The maximum absolute atomic E-state index is 13.0. The Bertz CT molecular complexity index is 1110. The normalized spacial score (nSPS) is 12.2. The Balaban J connectivity index is 2.08. The molecule has 6 nitrogen and oxygen atoms in total. The third-order valence-corrected chi connectivity index (χ3v) is 5.74. The number of nitrogens with one attached hydrogen (secondary N) is 1. The lowest BCUT2D eigenvalue weighted by Crippen LogP contribution is -2.07. The summed E-state index contributed by atoms with van der Waals surface area (Å²) >= 11 is 0. The molecule has 0 saturated carbocycles. The third-order valence-electron chi connectivity index (χ3n) is 4.04. The average Bonchev–Trinajstić information content (AvgIpc) is 3.07. The Morgan fingerprint density at radius 2 is 1.93 bits per heavy atom. The number of aromatic nitrogens is 3. The van der Waals surface area contributed by atoms with E-state index in [1.165, 1.54) is 37.6 Å². The molecule has 3 rings (SSSR count). The number of imidazole rings is 1. The van der Waals surface area contributed by atoms with Gasteiger partial charge < -0.3 is 9.88 Å². The molecule has 0 aliphatic heterocycles. The predicted molar refractivity (Wildman–Crippen MR) is 98.9 cm³/mol. The first-order valence-electron chi connectivity index (χ1n) is 8.25. The molecule has 3 aromatic rings. The number of sulfone groups is 1. The first kappa shape index (κ1) is 19.9. The zero-order valence-electron chi connectivity index (χ0n) is 15.0. The van der Waals surface area contributed by atoms with E-state index in [-0.39, 0.29) is 22.2 Å². The zero-order chi connectivity index (χ0) is 20.5. The summed E-state index contributed by atoms with van der Waals surface area (Å²) in [5.41, 5.74) is 0.179. The highest BCUT2D eigenvalue weighted by molar-refractivity contribution is 7.91. The van der Waals surface area contributed by atoms with E-state index in [9.17, 15) is 21.6 Å². The number of pyridine rings is 1. The molecule has 0 saturated heterocycles. The summed E-state index contributed by atoms with van der Waals surface area (Å²) in [4.78, 5) is 8.37. The van der Waals surface area contributed by atoms with Crippen molar-refractivity contribution in [1.82, 2.24) is 14.5 Å². The maximum Gasteiger partial charge on any atom is 0.416 e. The van der Waals surface area contributed by atoms with E-state index < -0.39 is 21.6 Å². The van der Waals surface area contributed by atoms with Crippen molar-refractivity contribution >= 4 is 21.3 Å². The van der Waals surface area contributed by atoms with Crippen molar-refractivity contribution in [2.24, 2.45) is 7.05 Å². The lowest BCUT2D eigenvalue weighted by Gasteiger charge is -2.13. The summed E-state index contributed by atoms with van der Waals surface area (Å²) in [6, 6.07) is 6.09. The first-order valence-corrected chi connectivity index (χ1v) is 9.91. The van der Waals surface area contributed by atoms with Crippen LogP contribution in [0.3, 0.4) is 0 Å². The molecule has 0 amide bonds. The highest BCUT2D eigenvalue weighted by atomic mass is 32.2. The highest BCUT2D eigenvalue weighted by Gasteiger charge is 2.30. The number of nitrogens with zero attached hydrogens (tertiary/aromatic N) is 3. The fraction of sp³-hybridized carbons (Fsp3) is 0.222. The van der Waals surface area contributed by atoms with E-state index >= 15 is 0 Å². The lowest BCUT2D eigenvalue weighted by molar-refractivity contribution is -0.137. The number of hydrogen-bond acceptors (Lipinski definition) is 5. The maximum atomic E-state index is 13.0. The van der Waals surface area contributed by atoms with Gasteiger partial charge in [-0.25, -0.2) is 18.4 Å². The van der Waals surface area contributed by atoms with E-state index in [0.717, 1.165) is 12.1 Å². The lowest BCUT2D eigenvalue weighted by atomic mass is 10.1. The van der Waals surface area contributed by atoms with Crippen LogP contribution in [0.5, 0.6) is 0 Å². The van der Waals surface area contributed by atoms with E-state index in [0.29, 0.717) is 11.3 Å². The van der Waals surface area contributed by atoms with Gasteiger partial charge in [0, 0.05) is 30.7 Å². The summed E-state index contributed by atoms with van der Waals surface area (Å²) in [5.74, 6) is 0.101. The standard InChI is InChI=1S/C18H17F3N4O2S/c1-3-28(26,27)14-8-15(16-10-25(2)11-23-16)17(22-9-14)24-13-6-4-5-12(7-13)18(19,20)21/h4-11H,3H2,1-2H3,(H,22,24). The second-order valence-corrected chi connectivity index (χ2v) is 8.38. The number of anilines is 2. The number of rotatable bonds is 5. The zero-order valence-corrected chi connectivity index (χ0v) is 15.8. The summed E-state index contributed by atoms with van der Waals surface area (Å²) < 4.78 is 64.9. The molecule has 0 radical (unpaired) electrons. The molecule has 0 spiro atoms. The fourth-order valence-corrected chi connectivity index (χ4v) is 3.38. The topological polar surface area (TPSA) is 76.9 Å². The molecule has 1 aromatic carbocycles. The Labute approximate surface area is 160 Å². The van der Waals surface area contributed by atoms with Crippen molar-refractivity contribution in [2.45, 2.75) is 18.0 Å². The van der Waals surface area contributed by atoms with Gasteiger partial charge in [-0.3, -0.25) is 0 Å². The SMILES string of the molecule is CCS(=O)(=O)c1cnc(Nc2cccc(C(F)(F)F)c2)c(-c2cn(C)cn2)c1. The van der Waals surface area contributed by atoms with Crippen LogP contribution in [-0.4, -0.2) is 28.7 Å². The van der Waals surface area contributed by atoms with Crippen molar-refractivity contribution in [3.05, 3.63) is 54.6 Å². The summed E-state index contributed by atoms with van der Waals surface area (Å²) in [6.45, 7) is 1.52. The number of alkyl halides is 3. The smallest absolute Gasteiger partial charge is 0.340 e. The molecule has 10 heteroatoms. The van der Waals surface area contributed by atoms with Crippen molar-refractivity contribution in [3.63, 3.8) is 0 Å². The van der Waals surface area contributed by atoms with Gasteiger partial charge in [-0.15, -0.1) is 0 Å². The molecule has 2 heterocycles. The van der Waals surface area contributed by atoms with Gasteiger partial charge in [-0.2, -0.15) is 13.2 Å². The molecule has 0 unspecified atom stereocenters. The predicted octanol–water partition coefficient (Wildman–Crippen LogP) is 4.04. The van der Waals surface area contributed by atoms with Crippen LogP contribution in [0, 0.1) is 0 Å². The van der Waals surface area contributed by atoms with Crippen molar-refractivity contribution < 1.29 is 21.6 Å². The number of benzene rings is 1. The Morgan fingerprint density at radius 1 is 1.18 bits per heavy atom. The molecule has 28 heavy (non-hydrogen) atoms. The second-order valence-electron chi connectivity index (χ2n) is 6.10. The van der Waals surface area contributed by atoms with Crippen molar-refractivity contribution in [3.8, 4) is 11.3 Å². The fourth-order valence-electron chi connectivity index (χ4n) is 2.54. The Hall–Kier alpha value is -2.88. The molecule has 0 fully saturated rings. The third kappa shape index (κ3) is 4.16. The van der Waals surface area contributed by atoms with Gasteiger partial charge in [0.25, 0.3) is 0 Å². The van der Waals surface area contributed by atoms with E-state index in [2.05, 4.69) is 15.3 Å². The van der Waals surface area contributed by atoms with Gasteiger partial charge in [0.1, 0.15) is 5.82 Å². The highest BCUT2D eigenvalue weighted by Crippen LogP contribution is 2.33. The molecule has 0 aliphatic rings. The molecular weight excluding hydrogens is 393 g/mol. The van der Waals surface area contributed by atoms with Crippen LogP contribution >= 0.6 is 0 Å². The van der Waals surface area contributed by atoms with Crippen LogP contribution in [0.25, 0.3) is 11.3 Å². The van der Waals surface area contributed by atoms with Crippen LogP contribution in [0.4, 0.5) is 24.7 Å². The molecule has 2 aromatic heterocycles. The summed E-state index contributed by atoms with van der Waals surface area (Å²) in [6.07, 6.45) is -0.101. The van der Waals surface area contributed by atoms with E-state index in [1.807, 2.05) is 0 Å². The number of halogens is 3. The molecule has 148 valence electrons. The molecule has 1 N–H and O–H groups in total. The van der Waals surface area contributed by atoms with Gasteiger partial charge in [0.05, 0.1) is 28.2 Å². The summed E-state index contributed by atoms with van der Waals surface area (Å²) in [5, 5.41) is 2.83. The average molecular weight is 410 g/mol. The quantitative estimate of drug-likeness (QED) is 0.687. The van der Waals surface area contributed by atoms with Crippen LogP contribution in [0.15, 0.2) is 53.9 Å². The van der Waals surface area contributed by atoms with Gasteiger partial charge in [-0.05, 0) is 24.3 Å². The Morgan fingerprint density at radius 3 is 2.54 bits per heavy atom. The Kier molecular flexibility index (Phi) is 5.16. The minimum atomic E-state index is -4.48. The second kappa shape index (κ2) is 7.27. The minimum Gasteiger partial charge on any atom is -0.340 e.